The SMILES string of the molecule is CCNC(=NCC(CCO)CC(C)C)NCCCN1CCCC1C(=O)N(C)C. The van der Waals surface area contributed by atoms with Gasteiger partial charge in [0, 0.05) is 46.9 Å². The van der Waals surface area contributed by atoms with Gasteiger partial charge in [0.1, 0.15) is 0 Å². The monoisotopic (exact) mass is 397 g/mol. The van der Waals surface area contributed by atoms with Gasteiger partial charge in [0.15, 0.2) is 5.96 Å². The van der Waals surface area contributed by atoms with E-state index in [2.05, 4.69) is 36.3 Å². The summed E-state index contributed by atoms with van der Waals surface area (Å²) in [5.41, 5.74) is 0. The smallest absolute Gasteiger partial charge is 0.239 e. The fourth-order valence-corrected chi connectivity index (χ4v) is 3.86. The Labute approximate surface area is 172 Å². The number of nitrogens with one attached hydrogen (secondary N) is 2. The van der Waals surface area contributed by atoms with Gasteiger partial charge >= 0.3 is 0 Å². The number of carbonyl (C=O) groups excluding carboxylic acids is 1. The molecule has 2 atom stereocenters. The average molecular weight is 398 g/mol. The molecule has 28 heavy (non-hydrogen) atoms. The number of hydrogen-bond donors (Lipinski definition) is 3. The number of guanidine groups is 1. The maximum atomic E-state index is 12.3. The van der Waals surface area contributed by atoms with Crippen LogP contribution >= 0.6 is 0 Å². The van der Waals surface area contributed by atoms with Crippen LogP contribution < -0.4 is 10.6 Å². The lowest BCUT2D eigenvalue weighted by Crippen LogP contribution is -2.44. The molecule has 0 aromatic carbocycles. The minimum Gasteiger partial charge on any atom is -0.396 e. The van der Waals surface area contributed by atoms with Gasteiger partial charge in [-0.1, -0.05) is 13.8 Å². The molecule has 0 aromatic heterocycles. The van der Waals surface area contributed by atoms with Crippen molar-refractivity contribution in [1.29, 1.82) is 0 Å². The lowest BCUT2D eigenvalue weighted by Gasteiger charge is -2.26. The summed E-state index contributed by atoms with van der Waals surface area (Å²) in [5.74, 6) is 2.10. The number of aliphatic hydroxyl groups is 1. The second-order valence-corrected chi connectivity index (χ2v) is 8.43. The number of amides is 1. The summed E-state index contributed by atoms with van der Waals surface area (Å²) in [6.07, 6.45) is 4.94. The highest BCUT2D eigenvalue weighted by Crippen LogP contribution is 2.18. The summed E-state index contributed by atoms with van der Waals surface area (Å²) in [5, 5.41) is 16.0. The third kappa shape index (κ3) is 9.24. The average Bonchev–Trinajstić information content (AvgIpc) is 3.10. The highest BCUT2D eigenvalue weighted by molar-refractivity contribution is 5.81. The summed E-state index contributed by atoms with van der Waals surface area (Å²) in [7, 11) is 3.67. The molecule has 0 radical (unpaired) electrons. The molecular weight excluding hydrogens is 354 g/mol. The van der Waals surface area contributed by atoms with E-state index in [-0.39, 0.29) is 18.6 Å². The van der Waals surface area contributed by atoms with Crippen molar-refractivity contribution in [1.82, 2.24) is 20.4 Å². The van der Waals surface area contributed by atoms with E-state index in [0.717, 1.165) is 70.8 Å². The van der Waals surface area contributed by atoms with E-state index in [1.165, 1.54) is 0 Å². The van der Waals surface area contributed by atoms with E-state index in [9.17, 15) is 9.90 Å². The van der Waals surface area contributed by atoms with Crippen LogP contribution in [-0.2, 0) is 4.79 Å². The van der Waals surface area contributed by atoms with Gasteiger partial charge in [0.25, 0.3) is 0 Å². The Bertz CT molecular complexity index is 468. The van der Waals surface area contributed by atoms with E-state index in [1.807, 2.05) is 14.1 Å². The van der Waals surface area contributed by atoms with Crippen molar-refractivity contribution >= 4 is 11.9 Å². The molecule has 1 heterocycles. The lowest BCUT2D eigenvalue weighted by atomic mass is 9.94. The van der Waals surface area contributed by atoms with Gasteiger partial charge in [-0.25, -0.2) is 0 Å². The van der Waals surface area contributed by atoms with Gasteiger partial charge < -0.3 is 20.6 Å². The number of aliphatic hydroxyl groups excluding tert-OH is 1. The van der Waals surface area contributed by atoms with Crippen LogP contribution in [0.3, 0.4) is 0 Å². The van der Waals surface area contributed by atoms with Crippen LogP contribution in [-0.4, -0.2) is 86.2 Å². The second-order valence-electron chi connectivity index (χ2n) is 8.43. The summed E-state index contributed by atoms with van der Waals surface area (Å²) in [6, 6.07) is 0.0483. The van der Waals surface area contributed by atoms with E-state index >= 15 is 0 Å². The van der Waals surface area contributed by atoms with Crippen molar-refractivity contribution in [2.24, 2.45) is 16.8 Å². The van der Waals surface area contributed by atoms with Crippen molar-refractivity contribution in [2.45, 2.75) is 58.9 Å². The Morgan fingerprint density at radius 3 is 2.68 bits per heavy atom. The maximum Gasteiger partial charge on any atom is 0.239 e. The molecule has 0 saturated carbocycles. The van der Waals surface area contributed by atoms with Crippen LogP contribution in [0.4, 0.5) is 0 Å². The largest absolute Gasteiger partial charge is 0.396 e. The molecule has 0 aromatic rings. The minimum absolute atomic E-state index is 0.0483. The first-order valence-corrected chi connectivity index (χ1v) is 11.0. The molecule has 164 valence electrons. The van der Waals surface area contributed by atoms with Crippen molar-refractivity contribution < 1.29 is 9.90 Å². The number of likely N-dealkylation sites (N-methyl/N-ethyl adjacent to an activating group) is 1. The number of rotatable bonds is 12. The Balaban J connectivity index is 2.44. The fraction of sp³-hybridized carbons (Fsp3) is 0.905. The molecule has 1 amide bonds. The molecule has 1 saturated heterocycles. The van der Waals surface area contributed by atoms with E-state index in [4.69, 9.17) is 4.99 Å². The van der Waals surface area contributed by atoms with Crippen LogP contribution in [0.15, 0.2) is 4.99 Å². The quantitative estimate of drug-likeness (QED) is 0.264. The van der Waals surface area contributed by atoms with Gasteiger partial charge in [0.05, 0.1) is 6.04 Å². The third-order valence-electron chi connectivity index (χ3n) is 5.20. The molecule has 1 aliphatic heterocycles. The molecular formula is C21H43N5O2. The Hall–Kier alpha value is -1.34. The molecule has 0 bridgehead atoms. The third-order valence-corrected chi connectivity index (χ3v) is 5.20. The van der Waals surface area contributed by atoms with Crippen LogP contribution in [0.1, 0.15) is 52.9 Å². The molecule has 1 aliphatic rings. The van der Waals surface area contributed by atoms with Crippen LogP contribution in [0.2, 0.25) is 0 Å². The van der Waals surface area contributed by atoms with Crippen LogP contribution in [0.25, 0.3) is 0 Å². The maximum absolute atomic E-state index is 12.3. The first-order chi connectivity index (χ1) is 13.4. The summed E-state index contributed by atoms with van der Waals surface area (Å²) in [4.78, 5) is 21.0. The van der Waals surface area contributed by atoms with Crippen molar-refractivity contribution in [3.63, 3.8) is 0 Å². The van der Waals surface area contributed by atoms with E-state index < -0.39 is 0 Å². The van der Waals surface area contributed by atoms with Crippen molar-refractivity contribution in [3.8, 4) is 0 Å². The normalized spacial score (nSPS) is 19.1. The number of nitrogens with zero attached hydrogens (tertiary/aromatic N) is 3. The van der Waals surface area contributed by atoms with Crippen molar-refractivity contribution in [2.75, 3.05) is 53.4 Å². The Kier molecular flexibility index (Phi) is 12.1. The topological polar surface area (TPSA) is 80.2 Å². The van der Waals surface area contributed by atoms with Gasteiger partial charge in [-0.3, -0.25) is 14.7 Å². The predicted molar refractivity (Wildman–Crippen MR) is 117 cm³/mol. The summed E-state index contributed by atoms with van der Waals surface area (Å²) in [6.45, 7) is 11.0. The molecule has 1 fully saturated rings. The highest BCUT2D eigenvalue weighted by Gasteiger charge is 2.30. The molecule has 1 rings (SSSR count). The molecule has 7 heteroatoms. The van der Waals surface area contributed by atoms with Gasteiger partial charge in [-0.05, 0) is 57.4 Å². The lowest BCUT2D eigenvalue weighted by molar-refractivity contribution is -0.133. The predicted octanol–water partition coefficient (Wildman–Crippen LogP) is 1.53. The number of hydrogen-bond acceptors (Lipinski definition) is 4. The molecule has 0 aliphatic carbocycles. The fourth-order valence-electron chi connectivity index (χ4n) is 3.86. The van der Waals surface area contributed by atoms with Gasteiger partial charge in [0.2, 0.25) is 5.91 Å². The van der Waals surface area contributed by atoms with E-state index in [0.29, 0.717) is 11.8 Å². The number of carbonyl (C=O) groups is 1. The standard InChI is InChI=1S/C21H43N5O2/c1-6-22-21(24-16-18(10-14-27)15-17(2)3)23-11-8-13-26-12-7-9-19(26)20(28)25(4)5/h17-19,27H,6-16H2,1-5H3,(H2,22,23,24). The zero-order valence-corrected chi connectivity index (χ0v) is 18.7. The summed E-state index contributed by atoms with van der Waals surface area (Å²) >= 11 is 0. The summed E-state index contributed by atoms with van der Waals surface area (Å²) < 4.78 is 0. The second kappa shape index (κ2) is 13.8. The molecule has 0 spiro atoms. The zero-order valence-electron chi connectivity index (χ0n) is 18.7. The molecule has 2 unspecified atom stereocenters. The van der Waals surface area contributed by atoms with Crippen molar-refractivity contribution in [3.05, 3.63) is 0 Å². The van der Waals surface area contributed by atoms with Crippen LogP contribution in [0, 0.1) is 11.8 Å². The number of likely N-dealkylation sites (tertiary alicyclic amines) is 1. The first-order valence-electron chi connectivity index (χ1n) is 11.0. The first kappa shape index (κ1) is 24.7. The van der Waals surface area contributed by atoms with E-state index in [1.54, 1.807) is 4.90 Å². The Morgan fingerprint density at radius 2 is 2.07 bits per heavy atom. The zero-order chi connectivity index (χ0) is 20.9. The number of aliphatic imine (C=N–C) groups is 1. The van der Waals surface area contributed by atoms with Gasteiger partial charge in [-0.2, -0.15) is 0 Å². The minimum atomic E-state index is 0.0483. The molecule has 3 N–H and O–H groups in total. The Morgan fingerprint density at radius 1 is 1.32 bits per heavy atom. The van der Waals surface area contributed by atoms with Gasteiger partial charge in [-0.15, -0.1) is 0 Å². The molecule has 7 nitrogen and oxygen atoms in total. The van der Waals surface area contributed by atoms with Crippen LogP contribution in [0.5, 0.6) is 0 Å². The highest BCUT2D eigenvalue weighted by atomic mass is 16.3.